The largest absolute Gasteiger partial charge is 0.466 e. The molecule has 1 aromatic rings. The molecule has 1 aromatic carbocycles. The summed E-state index contributed by atoms with van der Waals surface area (Å²) in [6.45, 7) is 6.08. The second-order valence-corrected chi connectivity index (χ2v) is 6.23. The van der Waals surface area contributed by atoms with E-state index in [2.05, 4.69) is 22.8 Å². The first kappa shape index (κ1) is 17.2. The molecule has 0 aliphatic carbocycles. The Hall–Kier alpha value is -2.14. The molecule has 2 N–H and O–H groups in total. The van der Waals surface area contributed by atoms with E-state index in [0.29, 0.717) is 10.7 Å². The zero-order valence-electron chi connectivity index (χ0n) is 13.8. The first-order valence-corrected chi connectivity index (χ1v) is 7.98. The third kappa shape index (κ3) is 4.20. The zero-order chi connectivity index (χ0) is 17.0. The molecule has 0 fully saturated rings. The highest BCUT2D eigenvalue weighted by molar-refractivity contribution is 7.80. The molecule has 1 atom stereocenters. The van der Waals surface area contributed by atoms with Crippen molar-refractivity contribution in [3.05, 3.63) is 52.7 Å². The molecule has 23 heavy (non-hydrogen) atoms. The number of rotatable bonds is 4. The van der Waals surface area contributed by atoms with Crippen LogP contribution < -0.4 is 10.6 Å². The molecule has 2 rings (SSSR count). The molecule has 0 amide bonds. The summed E-state index contributed by atoms with van der Waals surface area (Å²) in [7, 11) is 1.39. The number of nitrogens with one attached hydrogen (secondary N) is 2. The lowest BCUT2D eigenvalue weighted by Gasteiger charge is -2.30. The van der Waals surface area contributed by atoms with Gasteiger partial charge >= 0.3 is 5.97 Å². The number of aryl methyl sites for hydroxylation is 1. The lowest BCUT2D eigenvalue weighted by Crippen LogP contribution is -2.50. The molecule has 4 nitrogen and oxygen atoms in total. The van der Waals surface area contributed by atoms with Crippen molar-refractivity contribution in [1.82, 2.24) is 10.6 Å². The van der Waals surface area contributed by atoms with Crippen LogP contribution in [0.5, 0.6) is 0 Å². The monoisotopic (exact) mass is 330 g/mol. The Labute approximate surface area is 142 Å². The van der Waals surface area contributed by atoms with Crippen LogP contribution in [-0.4, -0.2) is 24.2 Å². The summed E-state index contributed by atoms with van der Waals surface area (Å²) in [5, 5.41) is 6.72. The lowest BCUT2D eigenvalue weighted by atomic mass is 9.95. The molecule has 1 aliphatic heterocycles. The molecular formula is C18H22N2O2S. The molecule has 122 valence electrons. The Morgan fingerprint density at radius 3 is 2.52 bits per heavy atom. The fourth-order valence-electron chi connectivity index (χ4n) is 2.44. The molecule has 1 unspecified atom stereocenters. The predicted molar refractivity (Wildman–Crippen MR) is 96.8 cm³/mol. The molecule has 0 saturated heterocycles. The maximum Gasteiger partial charge on any atom is 0.337 e. The molecule has 0 spiro atoms. The summed E-state index contributed by atoms with van der Waals surface area (Å²) in [4.78, 5) is 12.2. The van der Waals surface area contributed by atoms with E-state index in [0.717, 1.165) is 11.3 Å². The lowest BCUT2D eigenvalue weighted by molar-refractivity contribution is -0.136. The van der Waals surface area contributed by atoms with E-state index in [4.69, 9.17) is 17.0 Å². The van der Waals surface area contributed by atoms with Crippen LogP contribution in [0.3, 0.4) is 0 Å². The summed E-state index contributed by atoms with van der Waals surface area (Å²) in [6.07, 6.45) is 3.92. The summed E-state index contributed by atoms with van der Waals surface area (Å²) in [5.41, 5.74) is 3.65. The maximum atomic E-state index is 12.2. The van der Waals surface area contributed by atoms with Crippen LogP contribution in [-0.2, 0) is 9.53 Å². The minimum absolute atomic E-state index is 0.138. The number of carbonyl (C=O) groups excluding carboxylic acids is 1. The first-order valence-electron chi connectivity index (χ1n) is 7.57. The van der Waals surface area contributed by atoms with Crippen LogP contribution in [0.15, 0.2) is 41.6 Å². The molecule has 1 aliphatic rings. The number of esters is 1. The summed E-state index contributed by atoms with van der Waals surface area (Å²) < 4.78 is 4.95. The number of carbonyl (C=O) groups is 1. The Bertz CT molecular complexity index is 660. The molecule has 5 heteroatoms. The van der Waals surface area contributed by atoms with E-state index in [9.17, 15) is 4.79 Å². The van der Waals surface area contributed by atoms with Crippen molar-refractivity contribution in [2.75, 3.05) is 7.11 Å². The van der Waals surface area contributed by atoms with Crippen molar-refractivity contribution >= 4 is 29.4 Å². The van der Waals surface area contributed by atoms with Gasteiger partial charge in [-0.05, 0) is 30.6 Å². The van der Waals surface area contributed by atoms with Gasteiger partial charge in [-0.3, -0.25) is 0 Å². The van der Waals surface area contributed by atoms with Gasteiger partial charge in [-0.15, -0.1) is 0 Å². The average molecular weight is 330 g/mol. The topological polar surface area (TPSA) is 50.4 Å². The van der Waals surface area contributed by atoms with Crippen LogP contribution in [0, 0.1) is 12.8 Å². The van der Waals surface area contributed by atoms with Crippen molar-refractivity contribution in [2.24, 2.45) is 5.92 Å². The minimum atomic E-state index is -0.352. The van der Waals surface area contributed by atoms with Crippen LogP contribution >= 0.6 is 12.2 Å². The number of allylic oxidation sites excluding steroid dienone is 1. The normalized spacial score (nSPS) is 18.1. The smallest absolute Gasteiger partial charge is 0.337 e. The molecule has 0 bridgehead atoms. The fraction of sp³-hybridized carbons (Fsp3) is 0.333. The van der Waals surface area contributed by atoms with E-state index in [1.54, 1.807) is 0 Å². The minimum Gasteiger partial charge on any atom is -0.466 e. The Morgan fingerprint density at radius 1 is 1.30 bits per heavy atom. The predicted octanol–water partition coefficient (Wildman–Crippen LogP) is 2.94. The quantitative estimate of drug-likeness (QED) is 0.657. The van der Waals surface area contributed by atoms with Gasteiger partial charge in [0.25, 0.3) is 0 Å². The van der Waals surface area contributed by atoms with Gasteiger partial charge in [0.2, 0.25) is 0 Å². The number of benzene rings is 1. The maximum absolute atomic E-state index is 12.2. The van der Waals surface area contributed by atoms with Gasteiger partial charge in [-0.2, -0.15) is 0 Å². The van der Waals surface area contributed by atoms with Crippen LogP contribution in [0.4, 0.5) is 0 Å². The number of hydrogen-bond acceptors (Lipinski definition) is 3. The van der Waals surface area contributed by atoms with E-state index in [1.807, 2.05) is 45.1 Å². The van der Waals surface area contributed by atoms with E-state index >= 15 is 0 Å². The van der Waals surface area contributed by atoms with E-state index in [1.165, 1.54) is 12.7 Å². The second kappa shape index (κ2) is 7.42. The highest BCUT2D eigenvalue weighted by Gasteiger charge is 2.30. The molecule has 0 aromatic heterocycles. The highest BCUT2D eigenvalue weighted by Crippen LogP contribution is 2.21. The standard InChI is InChI=1S/C18H22N2O2S/c1-11(2)16-15(17(21)22-4)14(19-18(23)20-16)10-9-13-7-5-12(3)6-8-13/h5-11,14H,1-4H3,(H2,19,20,23)/b10-9+. The van der Waals surface area contributed by atoms with Crippen molar-refractivity contribution in [1.29, 1.82) is 0 Å². The van der Waals surface area contributed by atoms with Crippen LogP contribution in [0.2, 0.25) is 0 Å². The van der Waals surface area contributed by atoms with Gasteiger partial charge in [0.1, 0.15) is 0 Å². The average Bonchev–Trinajstić information content (AvgIpc) is 2.53. The van der Waals surface area contributed by atoms with Gasteiger partial charge in [0.15, 0.2) is 5.11 Å². The third-order valence-electron chi connectivity index (χ3n) is 3.68. The number of ether oxygens (including phenoxy) is 1. The van der Waals surface area contributed by atoms with E-state index < -0.39 is 0 Å². The number of methoxy groups -OCH3 is 1. The van der Waals surface area contributed by atoms with Crippen LogP contribution in [0.25, 0.3) is 6.08 Å². The van der Waals surface area contributed by atoms with Gasteiger partial charge < -0.3 is 15.4 Å². The van der Waals surface area contributed by atoms with E-state index in [-0.39, 0.29) is 17.9 Å². The molecule has 0 radical (unpaired) electrons. The fourth-order valence-corrected chi connectivity index (χ4v) is 2.68. The number of hydrogen-bond donors (Lipinski definition) is 2. The highest BCUT2D eigenvalue weighted by atomic mass is 32.1. The summed E-state index contributed by atoms with van der Waals surface area (Å²) in [6, 6.07) is 7.87. The first-order chi connectivity index (χ1) is 10.9. The Kier molecular flexibility index (Phi) is 5.55. The Balaban J connectivity index is 2.36. The summed E-state index contributed by atoms with van der Waals surface area (Å²) in [5.74, 6) is -0.214. The second-order valence-electron chi connectivity index (χ2n) is 5.82. The van der Waals surface area contributed by atoms with Crippen molar-refractivity contribution in [3.63, 3.8) is 0 Å². The van der Waals surface area contributed by atoms with Gasteiger partial charge in [0.05, 0.1) is 18.7 Å². The summed E-state index contributed by atoms with van der Waals surface area (Å²) >= 11 is 5.26. The number of thiocarbonyl (C=S) groups is 1. The molecule has 0 saturated carbocycles. The van der Waals surface area contributed by atoms with Crippen molar-refractivity contribution in [3.8, 4) is 0 Å². The zero-order valence-corrected chi connectivity index (χ0v) is 14.7. The van der Waals surface area contributed by atoms with Gasteiger partial charge in [-0.25, -0.2) is 4.79 Å². The Morgan fingerprint density at radius 2 is 1.96 bits per heavy atom. The van der Waals surface area contributed by atoms with Crippen molar-refractivity contribution < 1.29 is 9.53 Å². The SMILES string of the molecule is COC(=O)C1=C(C(C)C)NC(=S)NC1/C=C/c1ccc(C)cc1. The van der Waals surface area contributed by atoms with Gasteiger partial charge in [-0.1, -0.05) is 55.8 Å². The van der Waals surface area contributed by atoms with Crippen LogP contribution in [0.1, 0.15) is 25.0 Å². The third-order valence-corrected chi connectivity index (χ3v) is 3.90. The molecular weight excluding hydrogens is 308 g/mol. The van der Waals surface area contributed by atoms with Gasteiger partial charge in [0, 0.05) is 5.70 Å². The van der Waals surface area contributed by atoms with Crippen molar-refractivity contribution in [2.45, 2.75) is 26.8 Å². The molecule has 1 heterocycles.